The third-order valence-electron chi connectivity index (χ3n) is 3.11. The number of hydrogen-bond acceptors (Lipinski definition) is 4. The van der Waals surface area contributed by atoms with E-state index in [9.17, 15) is 4.79 Å². The zero-order valence-electron chi connectivity index (χ0n) is 11.1. The summed E-state index contributed by atoms with van der Waals surface area (Å²) in [7, 11) is 0. The molecule has 1 atom stereocenters. The first-order valence-corrected chi connectivity index (χ1v) is 7.34. The normalized spacial score (nSPS) is 12.2. The fourth-order valence-electron chi connectivity index (χ4n) is 1.93. The van der Waals surface area contributed by atoms with Crippen molar-refractivity contribution in [1.82, 2.24) is 0 Å². The number of esters is 1. The molecule has 20 heavy (non-hydrogen) atoms. The van der Waals surface area contributed by atoms with E-state index in [1.807, 2.05) is 30.3 Å². The molecule has 0 saturated heterocycles. The van der Waals surface area contributed by atoms with Crippen LogP contribution >= 0.6 is 25.3 Å². The number of carbonyl (C=O) groups excluding carboxylic acids is 1. The molecule has 0 N–H and O–H groups in total. The average Bonchev–Trinajstić information content (AvgIpc) is 2.48. The monoisotopic (exact) mass is 304 g/mol. The van der Waals surface area contributed by atoms with Gasteiger partial charge in [-0.15, -0.1) is 0 Å². The van der Waals surface area contributed by atoms with E-state index < -0.39 is 10.6 Å². The quantitative estimate of drug-likeness (QED) is 0.387. The van der Waals surface area contributed by atoms with Gasteiger partial charge in [0, 0.05) is 5.92 Å². The molecule has 0 aromatic heterocycles. The topological polar surface area (TPSA) is 26.3 Å². The van der Waals surface area contributed by atoms with Crippen molar-refractivity contribution < 1.29 is 9.53 Å². The van der Waals surface area contributed by atoms with Crippen molar-refractivity contribution in [3.05, 3.63) is 65.7 Å². The molecule has 0 amide bonds. The number of hydrogen-bond donors (Lipinski definition) is 2. The lowest BCUT2D eigenvalue weighted by Crippen LogP contribution is -2.15. The third-order valence-corrected chi connectivity index (χ3v) is 3.53. The number of ether oxygens (including phenoxy) is 1. The van der Waals surface area contributed by atoms with Gasteiger partial charge in [0.2, 0.25) is 0 Å². The van der Waals surface area contributed by atoms with Gasteiger partial charge in [-0.1, -0.05) is 49.4 Å². The maximum Gasteiger partial charge on any atom is 0.334 e. The van der Waals surface area contributed by atoms with Crippen LogP contribution in [0, 0.1) is 0 Å². The summed E-state index contributed by atoms with van der Waals surface area (Å²) in [5, 5.41) is 0. The van der Waals surface area contributed by atoms with Crippen LogP contribution in [0.5, 0.6) is 5.75 Å². The summed E-state index contributed by atoms with van der Waals surface area (Å²) in [5.74, 6) is 0.330. The Morgan fingerprint density at radius 2 is 1.50 bits per heavy atom. The number of thiol groups is 2. The minimum Gasteiger partial charge on any atom is -0.425 e. The van der Waals surface area contributed by atoms with Gasteiger partial charge in [-0.3, -0.25) is 0 Å². The van der Waals surface area contributed by atoms with Crippen molar-refractivity contribution in [3.63, 3.8) is 0 Å². The predicted octanol–water partition coefficient (Wildman–Crippen LogP) is 3.93. The van der Waals surface area contributed by atoms with E-state index in [2.05, 4.69) is 44.3 Å². The first kappa shape index (κ1) is 15.0. The number of rotatable bonds is 4. The highest BCUT2D eigenvalue weighted by Crippen LogP contribution is 2.25. The highest BCUT2D eigenvalue weighted by atomic mass is 32.2. The van der Waals surface area contributed by atoms with Crippen LogP contribution in [0.3, 0.4) is 0 Å². The van der Waals surface area contributed by atoms with Gasteiger partial charge >= 0.3 is 5.97 Å². The minimum absolute atomic E-state index is 0.295. The first-order valence-electron chi connectivity index (χ1n) is 6.30. The lowest BCUT2D eigenvalue weighted by atomic mass is 9.93. The third kappa shape index (κ3) is 3.81. The molecule has 0 bridgehead atoms. The fraction of sp³-hybridized carbons (Fsp3) is 0.188. The summed E-state index contributed by atoms with van der Waals surface area (Å²) in [6.07, 6.45) is 0. The summed E-state index contributed by atoms with van der Waals surface area (Å²) < 4.78 is 4.40. The fourth-order valence-corrected chi connectivity index (χ4v) is 2.03. The average molecular weight is 304 g/mol. The van der Waals surface area contributed by atoms with Gasteiger partial charge in [-0.05, 0) is 23.3 Å². The minimum atomic E-state index is -0.724. The summed E-state index contributed by atoms with van der Waals surface area (Å²) >= 11 is 7.83. The number of benzene rings is 2. The second-order valence-electron chi connectivity index (χ2n) is 4.50. The lowest BCUT2D eigenvalue weighted by molar-refractivity contribution is -0.132. The molecule has 0 aliphatic rings. The molecular weight excluding hydrogens is 288 g/mol. The molecule has 0 radical (unpaired) electrons. The van der Waals surface area contributed by atoms with Crippen LogP contribution < -0.4 is 4.74 Å². The van der Waals surface area contributed by atoms with Crippen LogP contribution in [0.25, 0.3) is 0 Å². The van der Waals surface area contributed by atoms with Crippen molar-refractivity contribution in [1.29, 1.82) is 0 Å². The second-order valence-corrected chi connectivity index (χ2v) is 5.94. The highest BCUT2D eigenvalue weighted by Gasteiger charge is 2.12. The van der Waals surface area contributed by atoms with E-state index in [4.69, 9.17) is 4.74 Å². The van der Waals surface area contributed by atoms with Crippen molar-refractivity contribution in [2.24, 2.45) is 0 Å². The van der Waals surface area contributed by atoms with Crippen molar-refractivity contribution >= 4 is 31.2 Å². The Labute approximate surface area is 130 Å². The van der Waals surface area contributed by atoms with Crippen LogP contribution in [0.15, 0.2) is 54.6 Å². The van der Waals surface area contributed by atoms with Crippen molar-refractivity contribution in [3.8, 4) is 5.75 Å². The van der Waals surface area contributed by atoms with Gasteiger partial charge in [-0.25, -0.2) is 4.79 Å². The molecule has 0 saturated carbocycles. The maximum atomic E-state index is 11.4. The first-order chi connectivity index (χ1) is 9.58. The zero-order chi connectivity index (χ0) is 14.5. The molecule has 4 heteroatoms. The predicted molar refractivity (Wildman–Crippen MR) is 87.8 cm³/mol. The van der Waals surface area contributed by atoms with E-state index in [-0.39, 0.29) is 0 Å². The van der Waals surface area contributed by atoms with E-state index >= 15 is 0 Å². The second kappa shape index (κ2) is 6.86. The highest BCUT2D eigenvalue weighted by molar-refractivity contribution is 8.00. The smallest absolute Gasteiger partial charge is 0.334 e. The van der Waals surface area contributed by atoms with E-state index in [1.165, 1.54) is 11.1 Å². The molecular formula is C16H16O2S2. The van der Waals surface area contributed by atoms with Gasteiger partial charge in [0.25, 0.3) is 0 Å². The zero-order valence-corrected chi connectivity index (χ0v) is 12.9. The molecule has 0 heterocycles. The maximum absolute atomic E-state index is 11.4. The Hall–Kier alpha value is -1.39. The van der Waals surface area contributed by atoms with Crippen molar-refractivity contribution in [2.75, 3.05) is 0 Å². The van der Waals surface area contributed by atoms with Crippen molar-refractivity contribution in [2.45, 2.75) is 17.4 Å². The van der Waals surface area contributed by atoms with Gasteiger partial charge in [0.1, 0.15) is 10.3 Å². The Bertz CT molecular complexity index is 565. The molecule has 2 aromatic rings. The molecule has 0 fully saturated rings. The van der Waals surface area contributed by atoms with Gasteiger partial charge in [-0.2, -0.15) is 25.3 Å². The lowest BCUT2D eigenvalue weighted by Gasteiger charge is -2.13. The van der Waals surface area contributed by atoms with Crippen LogP contribution in [-0.4, -0.2) is 10.6 Å². The van der Waals surface area contributed by atoms with Gasteiger partial charge in [0.15, 0.2) is 0 Å². The summed E-state index contributed by atoms with van der Waals surface area (Å²) in [6, 6.07) is 17.8. The van der Waals surface area contributed by atoms with Crippen LogP contribution in [0.4, 0.5) is 0 Å². The largest absolute Gasteiger partial charge is 0.425 e. The van der Waals surface area contributed by atoms with Crippen LogP contribution in [0.1, 0.15) is 24.0 Å². The van der Waals surface area contributed by atoms with Crippen LogP contribution in [0.2, 0.25) is 0 Å². The summed E-state index contributed by atoms with van der Waals surface area (Å²) in [6.45, 7) is 2.15. The Morgan fingerprint density at radius 1 is 0.950 bits per heavy atom. The molecule has 2 nitrogen and oxygen atoms in total. The van der Waals surface area contributed by atoms with E-state index in [0.29, 0.717) is 11.7 Å². The molecule has 2 aromatic carbocycles. The Balaban J connectivity index is 2.10. The van der Waals surface area contributed by atoms with Gasteiger partial charge in [0.05, 0.1) is 0 Å². The SMILES string of the molecule is CC(c1ccccc1)c1ccc(OC(=O)C(S)S)cc1. The summed E-state index contributed by atoms with van der Waals surface area (Å²) in [5.41, 5.74) is 2.42. The van der Waals surface area contributed by atoms with Crippen LogP contribution in [-0.2, 0) is 4.79 Å². The standard InChI is InChI=1S/C16H16O2S2/c1-11(12-5-3-2-4-6-12)13-7-9-14(10-8-13)18-15(17)16(19)20/h2-11,16,19-20H,1H3. The number of carbonyl (C=O) groups is 1. The Kier molecular flexibility index (Phi) is 5.15. The molecule has 2 rings (SSSR count). The molecule has 0 aliphatic heterocycles. The summed E-state index contributed by atoms with van der Waals surface area (Å²) in [4.78, 5) is 11.4. The van der Waals surface area contributed by atoms with E-state index in [1.54, 1.807) is 12.1 Å². The Morgan fingerprint density at radius 3 is 2.05 bits per heavy atom. The molecule has 104 valence electrons. The molecule has 0 aliphatic carbocycles. The molecule has 0 spiro atoms. The van der Waals surface area contributed by atoms with E-state index in [0.717, 1.165) is 0 Å². The molecule has 1 unspecified atom stereocenters. The van der Waals surface area contributed by atoms with Gasteiger partial charge < -0.3 is 4.74 Å².